The SMILES string of the molecule is CCCCOCCN=C(NCC)NC1CC1.I. The van der Waals surface area contributed by atoms with Crippen LogP contribution in [-0.2, 0) is 4.74 Å². The van der Waals surface area contributed by atoms with E-state index < -0.39 is 0 Å². The van der Waals surface area contributed by atoms with Crippen molar-refractivity contribution in [2.24, 2.45) is 4.99 Å². The van der Waals surface area contributed by atoms with Crippen LogP contribution in [0.2, 0.25) is 0 Å². The maximum Gasteiger partial charge on any atom is 0.191 e. The largest absolute Gasteiger partial charge is 0.380 e. The molecule has 0 spiro atoms. The molecule has 2 N–H and O–H groups in total. The van der Waals surface area contributed by atoms with E-state index in [4.69, 9.17) is 4.74 Å². The predicted octanol–water partition coefficient (Wildman–Crippen LogP) is 2.14. The molecule has 1 rings (SSSR count). The quantitative estimate of drug-likeness (QED) is 0.304. The van der Waals surface area contributed by atoms with Gasteiger partial charge in [0.25, 0.3) is 0 Å². The summed E-state index contributed by atoms with van der Waals surface area (Å²) in [6.07, 6.45) is 4.88. The number of nitrogens with one attached hydrogen (secondary N) is 2. The minimum atomic E-state index is 0. The minimum absolute atomic E-state index is 0. The highest BCUT2D eigenvalue weighted by molar-refractivity contribution is 14.0. The molecule has 1 aliphatic carbocycles. The third kappa shape index (κ3) is 9.64. The second-order valence-electron chi connectivity index (χ2n) is 4.15. The molecule has 0 bridgehead atoms. The van der Waals surface area contributed by atoms with Gasteiger partial charge in [-0.15, -0.1) is 24.0 Å². The summed E-state index contributed by atoms with van der Waals surface area (Å²) in [6, 6.07) is 0.652. The molecule has 0 unspecified atom stereocenters. The number of ether oxygens (including phenoxy) is 1. The van der Waals surface area contributed by atoms with Gasteiger partial charge >= 0.3 is 0 Å². The maximum absolute atomic E-state index is 5.46. The van der Waals surface area contributed by atoms with Crippen LogP contribution < -0.4 is 10.6 Å². The van der Waals surface area contributed by atoms with E-state index >= 15 is 0 Å². The van der Waals surface area contributed by atoms with Gasteiger partial charge in [-0.3, -0.25) is 4.99 Å². The molecule has 102 valence electrons. The standard InChI is InChI=1S/C12H25N3O.HI/c1-3-5-9-16-10-8-14-12(13-4-2)15-11-6-7-11;/h11H,3-10H2,1-2H3,(H2,13,14,15);1H. The summed E-state index contributed by atoms with van der Waals surface area (Å²) < 4.78 is 5.46. The summed E-state index contributed by atoms with van der Waals surface area (Å²) in [7, 11) is 0. The number of unbranched alkanes of at least 4 members (excludes halogenated alkanes) is 1. The topological polar surface area (TPSA) is 45.6 Å². The van der Waals surface area contributed by atoms with Gasteiger partial charge in [0.2, 0.25) is 0 Å². The molecule has 4 nitrogen and oxygen atoms in total. The Kier molecular flexibility index (Phi) is 11.0. The van der Waals surface area contributed by atoms with Gasteiger partial charge in [-0.05, 0) is 26.2 Å². The van der Waals surface area contributed by atoms with Crippen LogP contribution in [-0.4, -0.2) is 38.3 Å². The highest BCUT2D eigenvalue weighted by Gasteiger charge is 2.21. The Morgan fingerprint density at radius 1 is 1.29 bits per heavy atom. The zero-order valence-electron chi connectivity index (χ0n) is 11.0. The van der Waals surface area contributed by atoms with Crippen molar-refractivity contribution in [1.82, 2.24) is 10.6 Å². The number of aliphatic imine (C=N–C) groups is 1. The third-order valence-corrected chi connectivity index (χ3v) is 2.41. The van der Waals surface area contributed by atoms with Gasteiger partial charge in [-0.2, -0.15) is 0 Å². The second-order valence-corrected chi connectivity index (χ2v) is 4.15. The van der Waals surface area contributed by atoms with Crippen LogP contribution in [0.15, 0.2) is 4.99 Å². The first-order chi connectivity index (χ1) is 7.86. The Morgan fingerprint density at radius 3 is 2.65 bits per heavy atom. The van der Waals surface area contributed by atoms with Crippen LogP contribution >= 0.6 is 24.0 Å². The van der Waals surface area contributed by atoms with Crippen molar-refractivity contribution in [1.29, 1.82) is 0 Å². The fourth-order valence-corrected chi connectivity index (χ4v) is 1.31. The lowest BCUT2D eigenvalue weighted by Gasteiger charge is -2.10. The summed E-state index contributed by atoms with van der Waals surface area (Å²) in [5.41, 5.74) is 0. The molecule has 0 radical (unpaired) electrons. The maximum atomic E-state index is 5.46. The van der Waals surface area contributed by atoms with E-state index in [-0.39, 0.29) is 24.0 Å². The molecule has 0 aromatic heterocycles. The van der Waals surface area contributed by atoms with E-state index in [0.717, 1.165) is 38.7 Å². The molecule has 0 aliphatic heterocycles. The van der Waals surface area contributed by atoms with E-state index in [9.17, 15) is 0 Å². The summed E-state index contributed by atoms with van der Waals surface area (Å²) in [5.74, 6) is 0.934. The van der Waals surface area contributed by atoms with Crippen LogP contribution in [0.4, 0.5) is 0 Å². The van der Waals surface area contributed by atoms with Gasteiger partial charge < -0.3 is 15.4 Å². The highest BCUT2D eigenvalue weighted by atomic mass is 127. The lowest BCUT2D eigenvalue weighted by atomic mass is 10.4. The molecule has 0 heterocycles. The Labute approximate surface area is 122 Å². The third-order valence-electron chi connectivity index (χ3n) is 2.41. The molecule has 0 aromatic carbocycles. The summed E-state index contributed by atoms with van der Waals surface area (Å²) in [4.78, 5) is 4.46. The second kappa shape index (κ2) is 11.1. The number of hydrogen-bond donors (Lipinski definition) is 2. The Hall–Kier alpha value is -0.0400. The number of halogens is 1. The molecular formula is C12H26IN3O. The smallest absolute Gasteiger partial charge is 0.191 e. The van der Waals surface area contributed by atoms with Crippen molar-refractivity contribution >= 4 is 29.9 Å². The van der Waals surface area contributed by atoms with Crippen molar-refractivity contribution < 1.29 is 4.74 Å². The van der Waals surface area contributed by atoms with Crippen LogP contribution in [0.25, 0.3) is 0 Å². The average molecular weight is 355 g/mol. The molecule has 1 fully saturated rings. The molecule has 0 saturated heterocycles. The first kappa shape index (κ1) is 17.0. The molecule has 0 amide bonds. The van der Waals surface area contributed by atoms with Gasteiger partial charge in [-0.1, -0.05) is 13.3 Å². The van der Waals surface area contributed by atoms with E-state index in [2.05, 4.69) is 29.5 Å². The van der Waals surface area contributed by atoms with Crippen molar-refractivity contribution in [3.05, 3.63) is 0 Å². The summed E-state index contributed by atoms with van der Waals surface area (Å²) in [6.45, 7) is 7.49. The number of rotatable bonds is 8. The molecular weight excluding hydrogens is 329 g/mol. The van der Waals surface area contributed by atoms with Gasteiger partial charge in [0, 0.05) is 19.2 Å². The average Bonchev–Trinajstić information content (AvgIpc) is 3.07. The zero-order chi connectivity index (χ0) is 11.6. The van der Waals surface area contributed by atoms with Crippen molar-refractivity contribution in [3.63, 3.8) is 0 Å². The van der Waals surface area contributed by atoms with Gasteiger partial charge in [-0.25, -0.2) is 0 Å². The van der Waals surface area contributed by atoms with Crippen molar-refractivity contribution in [2.45, 2.75) is 45.6 Å². The fourth-order valence-electron chi connectivity index (χ4n) is 1.31. The van der Waals surface area contributed by atoms with Gasteiger partial charge in [0.05, 0.1) is 13.2 Å². The molecule has 0 aromatic rings. The Balaban J connectivity index is 0.00000256. The number of hydrogen-bond acceptors (Lipinski definition) is 2. The molecule has 1 saturated carbocycles. The first-order valence-corrected chi connectivity index (χ1v) is 6.49. The molecule has 5 heteroatoms. The van der Waals surface area contributed by atoms with Crippen molar-refractivity contribution in [3.8, 4) is 0 Å². The van der Waals surface area contributed by atoms with E-state index in [0.29, 0.717) is 6.04 Å². The summed E-state index contributed by atoms with van der Waals surface area (Å²) >= 11 is 0. The number of guanidine groups is 1. The minimum Gasteiger partial charge on any atom is -0.380 e. The first-order valence-electron chi connectivity index (χ1n) is 6.49. The fraction of sp³-hybridized carbons (Fsp3) is 0.917. The zero-order valence-corrected chi connectivity index (χ0v) is 13.3. The monoisotopic (exact) mass is 355 g/mol. The summed E-state index contributed by atoms with van der Waals surface area (Å²) in [5, 5.41) is 6.62. The predicted molar refractivity (Wildman–Crippen MR) is 83.3 cm³/mol. The van der Waals surface area contributed by atoms with Crippen LogP contribution in [0.5, 0.6) is 0 Å². The van der Waals surface area contributed by atoms with E-state index in [1.165, 1.54) is 19.3 Å². The lowest BCUT2D eigenvalue weighted by Crippen LogP contribution is -2.38. The van der Waals surface area contributed by atoms with E-state index in [1.54, 1.807) is 0 Å². The Bertz CT molecular complexity index is 208. The molecule has 1 aliphatic rings. The Morgan fingerprint density at radius 2 is 2.06 bits per heavy atom. The van der Waals surface area contributed by atoms with Crippen LogP contribution in [0, 0.1) is 0 Å². The normalized spacial score (nSPS) is 15.3. The van der Waals surface area contributed by atoms with Crippen LogP contribution in [0.3, 0.4) is 0 Å². The van der Waals surface area contributed by atoms with Crippen LogP contribution in [0.1, 0.15) is 39.5 Å². The highest BCUT2D eigenvalue weighted by Crippen LogP contribution is 2.18. The van der Waals surface area contributed by atoms with E-state index in [1.807, 2.05) is 0 Å². The van der Waals surface area contributed by atoms with Crippen molar-refractivity contribution in [2.75, 3.05) is 26.3 Å². The molecule has 0 atom stereocenters. The lowest BCUT2D eigenvalue weighted by molar-refractivity contribution is 0.139. The van der Waals surface area contributed by atoms with Gasteiger partial charge in [0.15, 0.2) is 5.96 Å². The molecule has 17 heavy (non-hydrogen) atoms. The van der Waals surface area contributed by atoms with Gasteiger partial charge in [0.1, 0.15) is 0 Å². The number of nitrogens with zero attached hydrogens (tertiary/aromatic N) is 1.